The largest absolute Gasteiger partial charge is 0.390 e. The average Bonchev–Trinajstić information content (AvgIpc) is 3.42. The van der Waals surface area contributed by atoms with Gasteiger partial charge in [-0.25, -0.2) is 0 Å². The second-order valence-corrected chi connectivity index (χ2v) is 15.6. The van der Waals surface area contributed by atoms with Gasteiger partial charge in [0.2, 0.25) is 0 Å². The minimum Gasteiger partial charge on any atom is -0.390 e. The topological polar surface area (TPSA) is 38.0 Å². The molecule has 1 aromatic rings. The molecule has 0 saturated heterocycles. The molecular formula is C33H56N2O. The predicted octanol–water partition coefficient (Wildman–Crippen LogP) is 8.40. The second-order valence-electron chi connectivity index (χ2n) is 15.6. The molecule has 36 heavy (non-hydrogen) atoms. The molecule has 9 atom stereocenters. The molecular weight excluding hydrogens is 440 g/mol. The van der Waals surface area contributed by atoms with E-state index in [1.165, 1.54) is 56.9 Å². The van der Waals surface area contributed by atoms with Gasteiger partial charge in [0.15, 0.2) is 0 Å². The molecule has 0 bridgehead atoms. The van der Waals surface area contributed by atoms with E-state index < -0.39 is 5.60 Å². The Labute approximate surface area is 222 Å². The molecule has 1 heterocycles. The molecule has 3 nitrogen and oxygen atoms in total. The first-order valence-corrected chi connectivity index (χ1v) is 15.6. The fourth-order valence-electron chi connectivity index (χ4n) is 11.0. The highest BCUT2D eigenvalue weighted by Gasteiger charge is 2.65. The molecule has 4 saturated carbocycles. The van der Waals surface area contributed by atoms with E-state index in [4.69, 9.17) is 5.10 Å². The summed E-state index contributed by atoms with van der Waals surface area (Å²) in [5.41, 5.74) is 2.38. The van der Waals surface area contributed by atoms with Gasteiger partial charge < -0.3 is 5.11 Å². The van der Waals surface area contributed by atoms with Crippen LogP contribution in [-0.4, -0.2) is 20.5 Å². The number of fused-ring (bicyclic) bond motifs is 5. The first-order valence-electron chi connectivity index (χ1n) is 15.6. The van der Waals surface area contributed by atoms with Crippen molar-refractivity contribution in [2.75, 3.05) is 0 Å². The van der Waals surface area contributed by atoms with Crippen molar-refractivity contribution in [3.8, 4) is 0 Å². The summed E-state index contributed by atoms with van der Waals surface area (Å²) in [7, 11) is 0. The molecule has 1 aromatic heterocycles. The molecule has 1 unspecified atom stereocenters. The van der Waals surface area contributed by atoms with Gasteiger partial charge in [-0.1, -0.05) is 48.5 Å². The molecule has 0 aliphatic heterocycles. The molecule has 0 radical (unpaired) electrons. The number of aliphatic hydroxyl groups is 1. The Hall–Kier alpha value is -0.830. The molecule has 4 fully saturated rings. The Morgan fingerprint density at radius 1 is 1.03 bits per heavy atom. The van der Waals surface area contributed by atoms with Crippen LogP contribution in [0.5, 0.6) is 0 Å². The summed E-state index contributed by atoms with van der Waals surface area (Å²) < 4.78 is 2.26. The number of nitrogens with zero attached hydrogens (tertiary/aromatic N) is 2. The third-order valence-corrected chi connectivity index (χ3v) is 13.4. The van der Waals surface area contributed by atoms with Crippen molar-refractivity contribution in [2.45, 2.75) is 144 Å². The number of aromatic nitrogens is 2. The maximum Gasteiger partial charge on any atom is 0.0625 e. The van der Waals surface area contributed by atoms with Crippen LogP contribution in [0.1, 0.15) is 132 Å². The van der Waals surface area contributed by atoms with E-state index in [9.17, 15) is 5.11 Å². The highest BCUT2D eigenvalue weighted by atomic mass is 16.3. The van der Waals surface area contributed by atoms with E-state index in [1.807, 2.05) is 0 Å². The molecule has 4 aliphatic carbocycles. The maximum atomic E-state index is 11.0. The minimum atomic E-state index is -0.462. The average molecular weight is 497 g/mol. The van der Waals surface area contributed by atoms with E-state index in [-0.39, 0.29) is 5.41 Å². The molecule has 3 heteroatoms. The van der Waals surface area contributed by atoms with Gasteiger partial charge in [-0.15, -0.1) is 0 Å². The Morgan fingerprint density at radius 3 is 2.47 bits per heavy atom. The molecule has 0 amide bonds. The van der Waals surface area contributed by atoms with Crippen LogP contribution in [0.25, 0.3) is 0 Å². The third-order valence-electron chi connectivity index (χ3n) is 13.4. The monoisotopic (exact) mass is 496 g/mol. The van der Waals surface area contributed by atoms with Crippen LogP contribution in [0.4, 0.5) is 0 Å². The van der Waals surface area contributed by atoms with Crippen molar-refractivity contribution < 1.29 is 5.11 Å². The van der Waals surface area contributed by atoms with Gasteiger partial charge in [-0.3, -0.25) is 4.68 Å². The van der Waals surface area contributed by atoms with Crippen LogP contribution in [-0.2, 0) is 12.0 Å². The lowest BCUT2D eigenvalue weighted by molar-refractivity contribution is -0.199. The Morgan fingerprint density at radius 2 is 1.78 bits per heavy atom. The van der Waals surface area contributed by atoms with Crippen LogP contribution < -0.4 is 0 Å². The zero-order valence-corrected chi connectivity index (χ0v) is 24.9. The van der Waals surface area contributed by atoms with E-state index in [0.717, 1.165) is 49.5 Å². The van der Waals surface area contributed by atoms with Crippen molar-refractivity contribution in [3.05, 3.63) is 18.0 Å². The standard InChI is InChI=1S/C33H56N2O/c1-9-29(4,5)24-19-34-35(21-24)20-23(3)26-11-12-27-25-13-15-30(6)22-31(7,36)17-18-33(30,10-2)28(25)14-16-32(26,27)8/h19,21,23,25-28,36H,9-18,20,22H2,1-8H3/t23?,25-,26+,27-,28-,30+,31+,32+,33+/m0/s1. The summed E-state index contributed by atoms with van der Waals surface area (Å²) in [6.07, 6.45) is 18.6. The predicted molar refractivity (Wildman–Crippen MR) is 150 cm³/mol. The summed E-state index contributed by atoms with van der Waals surface area (Å²) in [4.78, 5) is 0. The van der Waals surface area contributed by atoms with Crippen LogP contribution in [0.2, 0.25) is 0 Å². The summed E-state index contributed by atoms with van der Waals surface area (Å²) >= 11 is 0. The number of hydrogen-bond donors (Lipinski definition) is 1. The quantitative estimate of drug-likeness (QED) is 0.429. The lowest BCUT2D eigenvalue weighted by atomic mass is 9.38. The van der Waals surface area contributed by atoms with E-state index in [2.05, 4.69) is 72.5 Å². The Bertz CT molecular complexity index is 947. The van der Waals surface area contributed by atoms with Gasteiger partial charge in [0.1, 0.15) is 0 Å². The highest BCUT2D eigenvalue weighted by Crippen LogP contribution is 2.72. The van der Waals surface area contributed by atoms with Crippen molar-refractivity contribution in [1.82, 2.24) is 9.78 Å². The lowest BCUT2D eigenvalue weighted by Crippen LogP contribution is -2.61. The van der Waals surface area contributed by atoms with Gasteiger partial charge in [-0.05, 0) is 134 Å². The highest BCUT2D eigenvalue weighted by molar-refractivity contribution is 5.17. The van der Waals surface area contributed by atoms with Gasteiger partial charge in [0.05, 0.1) is 11.8 Å². The lowest BCUT2D eigenvalue weighted by Gasteiger charge is -2.67. The Balaban J connectivity index is 1.34. The van der Waals surface area contributed by atoms with Gasteiger partial charge in [0, 0.05) is 12.7 Å². The van der Waals surface area contributed by atoms with Gasteiger partial charge in [-0.2, -0.15) is 5.10 Å². The smallest absolute Gasteiger partial charge is 0.0625 e. The van der Waals surface area contributed by atoms with Crippen molar-refractivity contribution >= 4 is 0 Å². The summed E-state index contributed by atoms with van der Waals surface area (Å²) in [5, 5.41) is 15.9. The summed E-state index contributed by atoms with van der Waals surface area (Å²) in [6.45, 7) is 20.4. The summed E-state index contributed by atoms with van der Waals surface area (Å²) in [6, 6.07) is 0. The Kier molecular flexibility index (Phi) is 6.58. The molecule has 4 aliphatic rings. The van der Waals surface area contributed by atoms with E-state index >= 15 is 0 Å². The molecule has 204 valence electrons. The van der Waals surface area contributed by atoms with Crippen molar-refractivity contribution in [2.24, 2.45) is 45.8 Å². The third kappa shape index (κ3) is 3.95. The van der Waals surface area contributed by atoms with Crippen molar-refractivity contribution in [1.29, 1.82) is 0 Å². The van der Waals surface area contributed by atoms with Crippen LogP contribution in [0, 0.1) is 45.8 Å². The zero-order valence-electron chi connectivity index (χ0n) is 24.9. The molecule has 5 rings (SSSR count). The van der Waals surface area contributed by atoms with E-state index in [0.29, 0.717) is 22.2 Å². The molecule has 0 aromatic carbocycles. The van der Waals surface area contributed by atoms with Crippen LogP contribution in [0.15, 0.2) is 12.4 Å². The maximum absolute atomic E-state index is 11.0. The summed E-state index contributed by atoms with van der Waals surface area (Å²) in [5.74, 6) is 4.15. The number of rotatable bonds is 6. The fourth-order valence-corrected chi connectivity index (χ4v) is 11.0. The van der Waals surface area contributed by atoms with Gasteiger partial charge in [0.25, 0.3) is 0 Å². The zero-order chi connectivity index (χ0) is 26.1. The van der Waals surface area contributed by atoms with E-state index in [1.54, 1.807) is 0 Å². The van der Waals surface area contributed by atoms with Crippen LogP contribution in [0.3, 0.4) is 0 Å². The second kappa shape index (κ2) is 8.85. The van der Waals surface area contributed by atoms with Gasteiger partial charge >= 0.3 is 0 Å². The van der Waals surface area contributed by atoms with Crippen molar-refractivity contribution in [3.63, 3.8) is 0 Å². The fraction of sp³-hybridized carbons (Fsp3) is 0.909. The SMILES string of the molecule is CCC(C)(C)c1cnn(CC(C)[C@H]2CC[C@H]3[C@@H]4CC[C@]5(C)C[C@](C)(O)CC[C@]5(CC)[C@H]4CC[C@]23C)c1. The molecule has 1 N–H and O–H groups in total. The minimum absolute atomic E-state index is 0.210. The molecule has 0 spiro atoms. The van der Waals surface area contributed by atoms with Crippen LogP contribution >= 0.6 is 0 Å². The normalized spacial score (nSPS) is 45.6. The first-order chi connectivity index (χ1) is 16.8. The number of hydrogen-bond acceptors (Lipinski definition) is 2. The first kappa shape index (κ1) is 26.8.